The van der Waals surface area contributed by atoms with Gasteiger partial charge in [0.2, 0.25) is 0 Å². The number of hydrogen-bond donors (Lipinski definition) is 0. The van der Waals surface area contributed by atoms with Crippen LogP contribution in [-0.2, 0) is 4.43 Å². The Bertz CT molecular complexity index is 282. The predicted molar refractivity (Wildman–Crippen MR) is 65.5 cm³/mol. The Morgan fingerprint density at radius 1 is 1.46 bits per heavy atom. The lowest BCUT2D eigenvalue weighted by Gasteiger charge is -1.94. The molecule has 1 nitrogen and oxygen atoms in total. The maximum atomic E-state index is 7.32. The molecule has 0 unspecified atom stereocenters. The molecule has 0 radical (unpaired) electrons. The van der Waals surface area contributed by atoms with Gasteiger partial charge in [-0.3, -0.25) is 0 Å². The summed E-state index contributed by atoms with van der Waals surface area (Å²) in [5.74, 6) is 0. The molecule has 0 fully saturated rings. The van der Waals surface area contributed by atoms with E-state index in [2.05, 4.69) is 53.4 Å². The summed E-state index contributed by atoms with van der Waals surface area (Å²) in [6.45, 7) is 5.12. The summed E-state index contributed by atoms with van der Waals surface area (Å²) < 4.78 is 1.08. The number of nitriles is 1. The van der Waals surface area contributed by atoms with Crippen molar-refractivity contribution in [1.82, 2.24) is 0 Å². The van der Waals surface area contributed by atoms with Gasteiger partial charge in [0, 0.05) is 11.4 Å². The fourth-order valence-corrected chi connectivity index (χ4v) is 1.25. The minimum Gasteiger partial charge on any atom is -0.199 e. The van der Waals surface area contributed by atoms with E-state index in [1.807, 2.05) is 6.08 Å². The van der Waals surface area contributed by atoms with Crippen LogP contribution in [0.15, 0.2) is 30.8 Å². The molecule has 0 atom stereocenters. The molecule has 0 saturated heterocycles. The molecule has 0 N–H and O–H groups in total. The standard InChI is InChI=1S/C9H9I.C2H3N/c1-2-8-3-5-9(7-10)6-4-8;1-2-3/h2-6H,1,7H2;1H3. The Hall–Kier alpha value is -0.820. The van der Waals surface area contributed by atoms with Gasteiger partial charge in [0.1, 0.15) is 0 Å². The molecule has 0 aromatic heterocycles. The van der Waals surface area contributed by atoms with E-state index >= 15 is 0 Å². The van der Waals surface area contributed by atoms with Crippen LogP contribution in [0.2, 0.25) is 0 Å². The number of benzene rings is 1. The zero-order chi connectivity index (χ0) is 10.1. The molecule has 0 heterocycles. The van der Waals surface area contributed by atoms with Gasteiger partial charge < -0.3 is 0 Å². The van der Waals surface area contributed by atoms with E-state index in [1.54, 1.807) is 6.07 Å². The molecule has 1 aromatic rings. The van der Waals surface area contributed by atoms with Crippen LogP contribution in [0.3, 0.4) is 0 Å². The van der Waals surface area contributed by atoms with Crippen LogP contribution in [0, 0.1) is 11.3 Å². The summed E-state index contributed by atoms with van der Waals surface area (Å²) in [6, 6.07) is 10.2. The first-order valence-corrected chi connectivity index (χ1v) is 5.39. The first-order valence-electron chi connectivity index (χ1n) is 3.86. The quantitative estimate of drug-likeness (QED) is 0.599. The van der Waals surface area contributed by atoms with Crippen molar-refractivity contribution in [3.05, 3.63) is 42.0 Å². The number of halogens is 1. The summed E-state index contributed by atoms with van der Waals surface area (Å²) >= 11 is 2.35. The van der Waals surface area contributed by atoms with Crippen LogP contribution in [-0.4, -0.2) is 0 Å². The third kappa shape index (κ3) is 5.42. The zero-order valence-electron chi connectivity index (χ0n) is 7.63. The van der Waals surface area contributed by atoms with Crippen molar-refractivity contribution < 1.29 is 0 Å². The summed E-state index contributed by atoms with van der Waals surface area (Å²) in [5, 5.41) is 7.32. The monoisotopic (exact) mass is 285 g/mol. The SMILES string of the molecule is C=Cc1ccc(CI)cc1.CC#N. The Morgan fingerprint density at radius 3 is 2.23 bits per heavy atom. The average Bonchev–Trinajstić information content (AvgIpc) is 2.19. The maximum absolute atomic E-state index is 7.32. The number of alkyl halides is 1. The van der Waals surface area contributed by atoms with E-state index in [-0.39, 0.29) is 0 Å². The van der Waals surface area contributed by atoms with E-state index in [0.717, 1.165) is 4.43 Å². The van der Waals surface area contributed by atoms with Gasteiger partial charge in [-0.2, -0.15) is 5.26 Å². The number of hydrogen-bond acceptors (Lipinski definition) is 1. The minimum absolute atomic E-state index is 1.08. The summed E-state index contributed by atoms with van der Waals surface area (Å²) in [7, 11) is 0. The lowest BCUT2D eigenvalue weighted by Crippen LogP contribution is -1.75. The third-order valence-electron chi connectivity index (χ3n) is 1.37. The second-order valence-electron chi connectivity index (χ2n) is 2.30. The predicted octanol–water partition coefficient (Wildman–Crippen LogP) is 3.79. The van der Waals surface area contributed by atoms with Gasteiger partial charge in [-0.15, -0.1) is 0 Å². The van der Waals surface area contributed by atoms with Crippen molar-refractivity contribution in [3.8, 4) is 6.07 Å². The van der Waals surface area contributed by atoms with E-state index in [1.165, 1.54) is 18.1 Å². The van der Waals surface area contributed by atoms with Crippen molar-refractivity contribution >= 4 is 28.7 Å². The highest BCUT2D eigenvalue weighted by molar-refractivity contribution is 14.1. The second-order valence-corrected chi connectivity index (χ2v) is 3.07. The molecule has 0 saturated carbocycles. The minimum atomic E-state index is 1.08. The van der Waals surface area contributed by atoms with Crippen molar-refractivity contribution in [2.75, 3.05) is 0 Å². The van der Waals surface area contributed by atoms with Crippen LogP contribution in [0.25, 0.3) is 6.08 Å². The molecule has 0 bridgehead atoms. The molecule has 68 valence electrons. The largest absolute Gasteiger partial charge is 0.199 e. The maximum Gasteiger partial charge on any atom is 0.0587 e. The van der Waals surface area contributed by atoms with E-state index in [0.29, 0.717) is 0 Å². The lowest BCUT2D eigenvalue weighted by atomic mass is 10.2. The normalized spacial score (nSPS) is 7.77. The molecule has 0 amide bonds. The fraction of sp³-hybridized carbons (Fsp3) is 0.182. The van der Waals surface area contributed by atoms with Crippen molar-refractivity contribution in [1.29, 1.82) is 5.26 Å². The summed E-state index contributed by atoms with van der Waals surface area (Å²) in [5.41, 5.74) is 2.56. The molecule has 1 rings (SSSR count). The smallest absolute Gasteiger partial charge is 0.0587 e. The molecule has 2 heteroatoms. The molecule has 0 spiro atoms. The van der Waals surface area contributed by atoms with E-state index < -0.39 is 0 Å². The number of rotatable bonds is 2. The molecule has 0 aliphatic carbocycles. The highest BCUT2D eigenvalue weighted by Crippen LogP contribution is 2.08. The Morgan fingerprint density at radius 2 is 1.92 bits per heavy atom. The Labute approximate surface area is 93.2 Å². The highest BCUT2D eigenvalue weighted by atomic mass is 127. The Kier molecular flexibility index (Phi) is 7.32. The molecule has 13 heavy (non-hydrogen) atoms. The molecule has 0 aliphatic rings. The summed E-state index contributed by atoms with van der Waals surface area (Å²) in [4.78, 5) is 0. The topological polar surface area (TPSA) is 23.8 Å². The van der Waals surface area contributed by atoms with Gasteiger partial charge >= 0.3 is 0 Å². The average molecular weight is 285 g/mol. The van der Waals surface area contributed by atoms with E-state index in [9.17, 15) is 0 Å². The van der Waals surface area contributed by atoms with Gasteiger partial charge in [-0.1, -0.05) is 59.5 Å². The highest BCUT2D eigenvalue weighted by Gasteiger charge is 1.87. The van der Waals surface area contributed by atoms with Crippen LogP contribution in [0.4, 0.5) is 0 Å². The van der Waals surface area contributed by atoms with Crippen LogP contribution in [0.1, 0.15) is 18.1 Å². The van der Waals surface area contributed by atoms with Gasteiger partial charge in [-0.25, -0.2) is 0 Å². The van der Waals surface area contributed by atoms with Crippen molar-refractivity contribution in [3.63, 3.8) is 0 Å². The van der Waals surface area contributed by atoms with Gasteiger partial charge in [-0.05, 0) is 11.1 Å². The third-order valence-corrected chi connectivity index (χ3v) is 2.25. The van der Waals surface area contributed by atoms with Gasteiger partial charge in [0.05, 0.1) is 6.07 Å². The van der Waals surface area contributed by atoms with E-state index in [4.69, 9.17) is 5.26 Å². The Balaban J connectivity index is 0.000000424. The van der Waals surface area contributed by atoms with Crippen molar-refractivity contribution in [2.45, 2.75) is 11.4 Å². The van der Waals surface area contributed by atoms with Gasteiger partial charge in [0.25, 0.3) is 0 Å². The second kappa shape index (κ2) is 7.81. The van der Waals surface area contributed by atoms with Crippen LogP contribution in [0.5, 0.6) is 0 Å². The lowest BCUT2D eigenvalue weighted by molar-refractivity contribution is 1.45. The fourth-order valence-electron chi connectivity index (χ4n) is 0.743. The van der Waals surface area contributed by atoms with Gasteiger partial charge in [0.15, 0.2) is 0 Å². The number of nitrogens with zero attached hydrogens (tertiary/aromatic N) is 1. The molecular formula is C11H12IN. The zero-order valence-corrected chi connectivity index (χ0v) is 9.78. The van der Waals surface area contributed by atoms with Crippen LogP contribution < -0.4 is 0 Å². The van der Waals surface area contributed by atoms with Crippen molar-refractivity contribution in [2.24, 2.45) is 0 Å². The van der Waals surface area contributed by atoms with Crippen LogP contribution >= 0.6 is 22.6 Å². The first kappa shape index (κ1) is 12.2. The first-order chi connectivity index (χ1) is 6.28. The molecule has 0 aliphatic heterocycles. The molecule has 1 aromatic carbocycles. The molecular weight excluding hydrogens is 273 g/mol. The summed E-state index contributed by atoms with van der Waals surface area (Å²) in [6.07, 6.45) is 1.86.